The van der Waals surface area contributed by atoms with Gasteiger partial charge in [-0.2, -0.15) is 0 Å². The van der Waals surface area contributed by atoms with Crippen molar-refractivity contribution in [2.24, 2.45) is 17.4 Å². The lowest BCUT2D eigenvalue weighted by atomic mass is 10.1. The zero-order valence-electron chi connectivity index (χ0n) is 10.1. The van der Waals surface area contributed by atoms with Crippen molar-refractivity contribution in [2.75, 3.05) is 13.2 Å². The molecule has 0 spiro atoms. The maximum absolute atomic E-state index is 10.9. The minimum Gasteiger partial charge on any atom is -0.490 e. The molecule has 0 aliphatic heterocycles. The van der Waals surface area contributed by atoms with Gasteiger partial charge in [0.05, 0.1) is 21.5 Å². The van der Waals surface area contributed by atoms with Crippen LogP contribution in [0.25, 0.3) is 0 Å². The fourth-order valence-corrected chi connectivity index (χ4v) is 2.86. The standard InChI is InChI=1S/C12H16Br2N2O2/c1-7(12(16)17)6-18-11-9(13)4-8(2-3-15)5-10(11)14/h4-5,7H,2-3,6,15H2,1H3,(H2,16,17). The fourth-order valence-electron chi connectivity index (χ4n) is 1.35. The maximum atomic E-state index is 10.9. The van der Waals surface area contributed by atoms with Gasteiger partial charge in [-0.3, -0.25) is 4.79 Å². The topological polar surface area (TPSA) is 78.3 Å². The van der Waals surface area contributed by atoms with E-state index in [9.17, 15) is 4.79 Å². The van der Waals surface area contributed by atoms with Crippen LogP contribution in [0.2, 0.25) is 0 Å². The molecule has 0 saturated heterocycles. The third-order valence-corrected chi connectivity index (χ3v) is 3.63. The number of benzene rings is 1. The quantitative estimate of drug-likeness (QED) is 0.795. The molecule has 100 valence electrons. The molecule has 0 aliphatic carbocycles. The molecule has 1 rings (SSSR count). The molecular weight excluding hydrogens is 364 g/mol. The smallest absolute Gasteiger partial charge is 0.223 e. The minimum absolute atomic E-state index is 0.253. The Labute approximate surface area is 123 Å². The number of amides is 1. The van der Waals surface area contributed by atoms with Crippen molar-refractivity contribution in [3.63, 3.8) is 0 Å². The molecule has 0 aliphatic rings. The van der Waals surface area contributed by atoms with E-state index < -0.39 is 0 Å². The second-order valence-electron chi connectivity index (χ2n) is 4.04. The highest BCUT2D eigenvalue weighted by Crippen LogP contribution is 2.35. The highest BCUT2D eigenvalue weighted by molar-refractivity contribution is 9.11. The Kier molecular flexibility index (Phi) is 6.11. The molecule has 1 aromatic carbocycles. The third kappa shape index (κ3) is 4.26. The number of primary amides is 1. The normalized spacial score (nSPS) is 12.2. The van der Waals surface area contributed by atoms with Crippen LogP contribution < -0.4 is 16.2 Å². The molecule has 0 bridgehead atoms. The molecule has 18 heavy (non-hydrogen) atoms. The average molecular weight is 380 g/mol. The zero-order valence-corrected chi connectivity index (χ0v) is 13.3. The second kappa shape index (κ2) is 7.11. The SMILES string of the molecule is CC(COc1c(Br)cc(CCN)cc1Br)C(N)=O. The molecule has 0 fully saturated rings. The molecule has 0 saturated carbocycles. The number of carbonyl (C=O) groups is 1. The van der Waals surface area contributed by atoms with Crippen LogP contribution >= 0.6 is 31.9 Å². The first-order valence-electron chi connectivity index (χ1n) is 5.55. The van der Waals surface area contributed by atoms with Gasteiger partial charge in [-0.25, -0.2) is 0 Å². The molecule has 6 heteroatoms. The summed E-state index contributed by atoms with van der Waals surface area (Å²) in [6.45, 7) is 2.58. The minimum atomic E-state index is -0.373. The predicted octanol–water partition coefficient (Wildman–Crippen LogP) is 2.21. The van der Waals surface area contributed by atoms with E-state index in [1.54, 1.807) is 6.92 Å². The first kappa shape index (κ1) is 15.5. The Bertz CT molecular complexity index is 415. The predicted molar refractivity (Wildman–Crippen MR) is 78.5 cm³/mol. The van der Waals surface area contributed by atoms with E-state index in [-0.39, 0.29) is 18.4 Å². The van der Waals surface area contributed by atoms with E-state index in [1.807, 2.05) is 12.1 Å². The number of hydrogen-bond donors (Lipinski definition) is 2. The lowest BCUT2D eigenvalue weighted by Gasteiger charge is -2.14. The molecule has 4 N–H and O–H groups in total. The highest BCUT2D eigenvalue weighted by atomic mass is 79.9. The van der Waals surface area contributed by atoms with Gasteiger partial charge >= 0.3 is 0 Å². The van der Waals surface area contributed by atoms with Crippen LogP contribution in [0.4, 0.5) is 0 Å². The van der Waals surface area contributed by atoms with E-state index in [0.29, 0.717) is 12.3 Å². The van der Waals surface area contributed by atoms with Gasteiger partial charge < -0.3 is 16.2 Å². The molecular formula is C12H16Br2N2O2. The fraction of sp³-hybridized carbons (Fsp3) is 0.417. The second-order valence-corrected chi connectivity index (χ2v) is 5.75. The number of hydrogen-bond acceptors (Lipinski definition) is 3. The summed E-state index contributed by atoms with van der Waals surface area (Å²) in [7, 11) is 0. The summed E-state index contributed by atoms with van der Waals surface area (Å²) in [6.07, 6.45) is 0.801. The van der Waals surface area contributed by atoms with Crippen molar-refractivity contribution in [1.29, 1.82) is 0 Å². The van der Waals surface area contributed by atoms with Crippen LogP contribution in [0.5, 0.6) is 5.75 Å². The summed E-state index contributed by atoms with van der Waals surface area (Å²) in [6, 6.07) is 3.92. The first-order valence-corrected chi connectivity index (χ1v) is 7.14. The van der Waals surface area contributed by atoms with E-state index in [2.05, 4.69) is 31.9 Å². The summed E-state index contributed by atoms with van der Waals surface area (Å²) in [4.78, 5) is 10.9. The lowest BCUT2D eigenvalue weighted by molar-refractivity contribution is -0.122. The lowest BCUT2D eigenvalue weighted by Crippen LogP contribution is -2.25. The van der Waals surface area contributed by atoms with Crippen LogP contribution in [0.15, 0.2) is 21.1 Å². The molecule has 4 nitrogen and oxygen atoms in total. The van der Waals surface area contributed by atoms with Crippen LogP contribution in [-0.2, 0) is 11.2 Å². The molecule has 1 amide bonds. The molecule has 1 atom stereocenters. The zero-order chi connectivity index (χ0) is 13.7. The summed E-state index contributed by atoms with van der Waals surface area (Å²) >= 11 is 6.89. The van der Waals surface area contributed by atoms with Gasteiger partial charge in [0.25, 0.3) is 0 Å². The Morgan fingerprint density at radius 1 is 1.39 bits per heavy atom. The van der Waals surface area contributed by atoms with Crippen molar-refractivity contribution < 1.29 is 9.53 Å². The molecule has 0 aromatic heterocycles. The van der Waals surface area contributed by atoms with Crippen LogP contribution in [-0.4, -0.2) is 19.1 Å². The van der Waals surface area contributed by atoms with Gasteiger partial charge in [0.15, 0.2) is 0 Å². The molecule has 1 unspecified atom stereocenters. The van der Waals surface area contributed by atoms with E-state index in [1.165, 1.54) is 0 Å². The van der Waals surface area contributed by atoms with Crippen molar-refractivity contribution in [2.45, 2.75) is 13.3 Å². The van der Waals surface area contributed by atoms with Gasteiger partial charge in [-0.05, 0) is 62.5 Å². The number of halogens is 2. The summed E-state index contributed by atoms with van der Waals surface area (Å²) in [5.41, 5.74) is 11.8. The van der Waals surface area contributed by atoms with E-state index in [4.69, 9.17) is 16.2 Å². The molecule has 0 heterocycles. The number of nitrogens with two attached hydrogens (primary N) is 2. The highest BCUT2D eigenvalue weighted by Gasteiger charge is 2.13. The van der Waals surface area contributed by atoms with Crippen LogP contribution in [0, 0.1) is 5.92 Å². The Morgan fingerprint density at radius 2 is 1.94 bits per heavy atom. The Balaban J connectivity index is 2.80. The summed E-state index contributed by atoms with van der Waals surface area (Å²) < 4.78 is 7.26. The number of rotatable bonds is 6. The molecule has 0 radical (unpaired) electrons. The summed E-state index contributed by atoms with van der Waals surface area (Å²) in [5, 5.41) is 0. The summed E-state index contributed by atoms with van der Waals surface area (Å²) in [5.74, 6) is -0.0293. The van der Waals surface area contributed by atoms with Crippen molar-refractivity contribution in [3.8, 4) is 5.75 Å². The molecule has 1 aromatic rings. The van der Waals surface area contributed by atoms with Gasteiger partial charge in [-0.15, -0.1) is 0 Å². The first-order chi connectivity index (χ1) is 8.45. The van der Waals surface area contributed by atoms with Gasteiger partial charge in [0, 0.05) is 0 Å². The van der Waals surface area contributed by atoms with Crippen LogP contribution in [0.1, 0.15) is 12.5 Å². The maximum Gasteiger partial charge on any atom is 0.223 e. The van der Waals surface area contributed by atoms with Gasteiger partial charge in [0.1, 0.15) is 5.75 Å². The Morgan fingerprint density at radius 3 is 2.39 bits per heavy atom. The third-order valence-electron chi connectivity index (χ3n) is 2.45. The van der Waals surface area contributed by atoms with Gasteiger partial charge in [-0.1, -0.05) is 6.92 Å². The average Bonchev–Trinajstić information content (AvgIpc) is 2.27. The van der Waals surface area contributed by atoms with Crippen molar-refractivity contribution in [3.05, 3.63) is 26.6 Å². The van der Waals surface area contributed by atoms with Crippen LogP contribution in [0.3, 0.4) is 0 Å². The monoisotopic (exact) mass is 378 g/mol. The number of carbonyl (C=O) groups excluding carboxylic acids is 1. The van der Waals surface area contributed by atoms with Crippen molar-refractivity contribution in [1.82, 2.24) is 0 Å². The van der Waals surface area contributed by atoms with E-state index in [0.717, 1.165) is 20.9 Å². The van der Waals surface area contributed by atoms with Gasteiger partial charge in [0.2, 0.25) is 5.91 Å². The largest absolute Gasteiger partial charge is 0.490 e. The number of ether oxygens (including phenoxy) is 1. The van der Waals surface area contributed by atoms with Crippen molar-refractivity contribution >= 4 is 37.8 Å². The Hall–Kier alpha value is -0.590. The van der Waals surface area contributed by atoms with E-state index >= 15 is 0 Å².